The third-order valence-corrected chi connectivity index (χ3v) is 7.70. The number of rotatable bonds is 3. The van der Waals surface area contributed by atoms with E-state index in [1.54, 1.807) is 14.2 Å². The van der Waals surface area contributed by atoms with Crippen molar-refractivity contribution >= 4 is 24.7 Å². The number of hydrogen-bond acceptors (Lipinski definition) is 5. The zero-order chi connectivity index (χ0) is 21.0. The van der Waals surface area contributed by atoms with Crippen molar-refractivity contribution in [2.24, 2.45) is 17.8 Å². The summed E-state index contributed by atoms with van der Waals surface area (Å²) < 4.78 is 16.3. The molecule has 1 aromatic carbocycles. The molecule has 0 bridgehead atoms. The van der Waals surface area contributed by atoms with Crippen LogP contribution < -0.4 is 4.74 Å². The predicted molar refractivity (Wildman–Crippen MR) is 115 cm³/mol. The number of ether oxygens (including phenoxy) is 3. The number of nitrogens with zero attached hydrogens (tertiary/aromatic N) is 1. The van der Waals surface area contributed by atoms with E-state index < -0.39 is 0 Å². The molecule has 1 aliphatic carbocycles. The van der Waals surface area contributed by atoms with Crippen molar-refractivity contribution < 1.29 is 19.0 Å². The lowest BCUT2D eigenvalue weighted by molar-refractivity contribution is -0.162. The van der Waals surface area contributed by atoms with Gasteiger partial charge in [-0.15, -0.1) is 0 Å². The van der Waals surface area contributed by atoms with Gasteiger partial charge in [-0.05, 0) is 42.4 Å². The Morgan fingerprint density at radius 2 is 2.07 bits per heavy atom. The lowest BCUT2D eigenvalue weighted by atomic mass is 9.57. The van der Waals surface area contributed by atoms with Crippen LogP contribution in [0, 0.1) is 17.8 Å². The molecule has 1 aromatic heterocycles. The van der Waals surface area contributed by atoms with Crippen LogP contribution in [0.3, 0.4) is 0 Å². The Kier molecular flexibility index (Phi) is 5.06. The fourth-order valence-corrected chi connectivity index (χ4v) is 6.35. The van der Waals surface area contributed by atoms with E-state index in [1.807, 2.05) is 6.07 Å². The minimum absolute atomic E-state index is 0.141. The van der Waals surface area contributed by atoms with Gasteiger partial charge >= 0.3 is 5.97 Å². The van der Waals surface area contributed by atoms with Crippen molar-refractivity contribution in [2.45, 2.75) is 37.2 Å². The molecule has 5 rings (SSSR count). The first-order valence-corrected chi connectivity index (χ1v) is 10.8. The summed E-state index contributed by atoms with van der Waals surface area (Å²) in [5.74, 6) is 0.797. The van der Waals surface area contributed by atoms with E-state index in [0.717, 1.165) is 43.6 Å². The number of methoxy groups -OCH3 is 3. The highest BCUT2D eigenvalue weighted by atomic mass is 16.5. The van der Waals surface area contributed by atoms with E-state index in [0.29, 0.717) is 5.92 Å². The van der Waals surface area contributed by atoms with Crippen molar-refractivity contribution in [3.05, 3.63) is 29.5 Å². The third-order valence-electron chi connectivity index (χ3n) is 7.70. The molecule has 2 aliphatic heterocycles. The van der Waals surface area contributed by atoms with Gasteiger partial charge in [0.2, 0.25) is 0 Å². The van der Waals surface area contributed by atoms with Crippen LogP contribution in [-0.4, -0.2) is 64.2 Å². The average Bonchev–Trinajstić information content (AvgIpc) is 3.14. The number of H-pyrrole nitrogens is 1. The monoisotopic (exact) mass is 408 g/mol. The number of hydrogen-bond donors (Lipinski definition) is 1. The van der Waals surface area contributed by atoms with Gasteiger partial charge in [0.15, 0.2) is 0 Å². The first-order valence-electron chi connectivity index (χ1n) is 10.8. The van der Waals surface area contributed by atoms with Gasteiger partial charge in [-0.3, -0.25) is 9.69 Å². The predicted octanol–water partition coefficient (Wildman–Crippen LogP) is 2.88. The Morgan fingerprint density at radius 3 is 2.80 bits per heavy atom. The van der Waals surface area contributed by atoms with E-state index >= 15 is 0 Å². The molecule has 158 valence electrons. The number of fused-ring (bicyclic) bond motifs is 6. The summed E-state index contributed by atoms with van der Waals surface area (Å²) in [5, 5.41) is 1.28. The number of carbonyl (C=O) groups is 1. The molecule has 0 spiro atoms. The molecular weight excluding hydrogens is 379 g/mol. The van der Waals surface area contributed by atoms with Crippen molar-refractivity contribution in [3.8, 4) is 5.75 Å². The van der Waals surface area contributed by atoms with Crippen molar-refractivity contribution in [2.75, 3.05) is 34.4 Å². The molecule has 2 radical (unpaired) electrons. The van der Waals surface area contributed by atoms with Gasteiger partial charge in [0.1, 0.15) is 5.75 Å². The topological polar surface area (TPSA) is 63.8 Å². The van der Waals surface area contributed by atoms with Gasteiger partial charge in [0, 0.05) is 42.9 Å². The highest BCUT2D eigenvalue weighted by molar-refractivity contribution is 6.12. The third kappa shape index (κ3) is 2.97. The maximum Gasteiger partial charge on any atom is 0.311 e. The quantitative estimate of drug-likeness (QED) is 0.625. The van der Waals surface area contributed by atoms with E-state index in [-0.39, 0.29) is 35.8 Å². The van der Waals surface area contributed by atoms with Crippen LogP contribution in [0.2, 0.25) is 5.82 Å². The first-order chi connectivity index (χ1) is 14.5. The standard InChI is InChI=1S/C23H29BN2O4/c1-28-13-4-5-14-15-6-7-26-11-12-8-17(24)22(29-2)20(23(27)30-3)16(12)10-19(26)21(15)25-18(14)9-13/h4-5,9,12,16-17,19-20,22,25H,6-8,10-11H2,1-3H3/t12-,16+,17?,19-,20+,22+/m1/s1. The molecule has 2 fully saturated rings. The van der Waals surface area contributed by atoms with Crippen LogP contribution in [0.25, 0.3) is 10.9 Å². The van der Waals surface area contributed by atoms with Crippen LogP contribution in [0.4, 0.5) is 0 Å². The Labute approximate surface area is 178 Å². The number of benzene rings is 1. The van der Waals surface area contributed by atoms with Crippen LogP contribution in [-0.2, 0) is 20.7 Å². The van der Waals surface area contributed by atoms with Gasteiger partial charge in [-0.1, -0.05) is 12.2 Å². The summed E-state index contributed by atoms with van der Waals surface area (Å²) in [4.78, 5) is 19.0. The van der Waals surface area contributed by atoms with Crippen molar-refractivity contribution in [1.29, 1.82) is 0 Å². The Morgan fingerprint density at radius 1 is 1.23 bits per heavy atom. The Balaban J connectivity index is 1.52. The minimum atomic E-state index is -0.314. The number of aromatic amines is 1. The molecule has 3 aliphatic rings. The summed E-state index contributed by atoms with van der Waals surface area (Å²) in [6.45, 7) is 2.00. The van der Waals surface area contributed by atoms with E-state index in [2.05, 4.69) is 22.0 Å². The molecule has 30 heavy (non-hydrogen) atoms. The zero-order valence-electron chi connectivity index (χ0n) is 17.9. The van der Waals surface area contributed by atoms with E-state index in [4.69, 9.17) is 22.1 Å². The second-order valence-corrected chi connectivity index (χ2v) is 9.00. The maximum absolute atomic E-state index is 12.8. The number of nitrogens with one attached hydrogen (secondary N) is 1. The largest absolute Gasteiger partial charge is 0.497 e. The molecule has 1 N–H and O–H groups in total. The Hall–Kier alpha value is -1.99. The van der Waals surface area contributed by atoms with Crippen LogP contribution >= 0.6 is 0 Å². The fourth-order valence-electron chi connectivity index (χ4n) is 6.35. The molecule has 1 saturated heterocycles. The second kappa shape index (κ2) is 7.61. The fraction of sp³-hybridized carbons (Fsp3) is 0.609. The first kappa shape index (κ1) is 19.9. The van der Waals surface area contributed by atoms with Crippen LogP contribution in [0.5, 0.6) is 5.75 Å². The lowest BCUT2D eigenvalue weighted by Crippen LogP contribution is -2.55. The second-order valence-electron chi connectivity index (χ2n) is 9.00. The van der Waals surface area contributed by atoms with Gasteiger partial charge < -0.3 is 19.2 Å². The van der Waals surface area contributed by atoms with Crippen LogP contribution in [0.15, 0.2) is 18.2 Å². The summed E-state index contributed by atoms with van der Waals surface area (Å²) in [6.07, 6.45) is 2.54. The summed E-state index contributed by atoms with van der Waals surface area (Å²) >= 11 is 0. The van der Waals surface area contributed by atoms with Gasteiger partial charge in [-0.2, -0.15) is 0 Å². The summed E-state index contributed by atoms with van der Waals surface area (Å²) in [6, 6.07) is 6.52. The number of carbonyl (C=O) groups excluding carboxylic acids is 1. The van der Waals surface area contributed by atoms with E-state index in [9.17, 15) is 4.79 Å². The van der Waals surface area contributed by atoms with E-state index in [1.165, 1.54) is 23.8 Å². The SMILES string of the molecule is [B]C1C[C@@H]2CN3CCc4c([nH]c5cc(OC)ccc45)[C@H]3C[C@@H]2[C@H](C(=O)OC)[C@H]1OC. The molecule has 6 atom stereocenters. The maximum atomic E-state index is 12.8. The lowest BCUT2D eigenvalue weighted by Gasteiger charge is -2.53. The number of aromatic nitrogens is 1. The smallest absolute Gasteiger partial charge is 0.311 e. The number of esters is 1. The molecule has 6 nitrogen and oxygen atoms in total. The molecule has 1 unspecified atom stereocenters. The molecule has 2 aromatic rings. The Bertz CT molecular complexity index is 960. The highest BCUT2D eigenvalue weighted by Gasteiger charge is 2.52. The molecule has 0 amide bonds. The van der Waals surface area contributed by atoms with Crippen LogP contribution in [0.1, 0.15) is 30.1 Å². The minimum Gasteiger partial charge on any atom is -0.497 e. The summed E-state index contributed by atoms with van der Waals surface area (Å²) in [5.41, 5.74) is 3.81. The highest BCUT2D eigenvalue weighted by Crippen LogP contribution is 2.52. The van der Waals surface area contributed by atoms with Gasteiger partial charge in [0.25, 0.3) is 0 Å². The van der Waals surface area contributed by atoms with Crippen molar-refractivity contribution in [3.63, 3.8) is 0 Å². The van der Waals surface area contributed by atoms with Gasteiger partial charge in [-0.25, -0.2) is 0 Å². The van der Waals surface area contributed by atoms with Crippen molar-refractivity contribution in [1.82, 2.24) is 9.88 Å². The normalized spacial score (nSPS) is 33.4. The molecular formula is C23H29BN2O4. The van der Waals surface area contributed by atoms with Gasteiger partial charge in [0.05, 0.1) is 40.1 Å². The number of piperidine rings is 1. The average molecular weight is 408 g/mol. The zero-order valence-corrected chi connectivity index (χ0v) is 17.9. The molecule has 1 saturated carbocycles. The molecule has 7 heteroatoms. The summed E-state index contributed by atoms with van der Waals surface area (Å²) in [7, 11) is 11.2. The molecule has 3 heterocycles.